The second kappa shape index (κ2) is 2.91. The van der Waals surface area contributed by atoms with Gasteiger partial charge >= 0.3 is 0 Å². The molecule has 0 unspecified atom stereocenters. The Kier molecular flexibility index (Phi) is 1.84. The first-order valence-corrected chi connectivity index (χ1v) is 4.52. The summed E-state index contributed by atoms with van der Waals surface area (Å²) in [6.07, 6.45) is 0. The molecule has 0 saturated carbocycles. The van der Waals surface area contributed by atoms with Gasteiger partial charge in [-0.2, -0.15) is 0 Å². The molecule has 0 spiro atoms. The molecule has 0 bridgehead atoms. The average Bonchev–Trinajstić information content (AvgIpc) is 2.23. The highest BCUT2D eigenvalue weighted by atomic mass is 16.3. The number of phenolic OH excluding ortho intramolecular Hbond substituents is 2. The van der Waals surface area contributed by atoms with Crippen LogP contribution in [0.5, 0.6) is 11.5 Å². The van der Waals surface area contributed by atoms with Gasteiger partial charge in [0.15, 0.2) is 11.5 Å². The molecule has 0 atom stereocenters. The third-order valence-electron chi connectivity index (χ3n) is 2.73. The summed E-state index contributed by atoms with van der Waals surface area (Å²) in [5, 5.41) is 21.0. The summed E-state index contributed by atoms with van der Waals surface area (Å²) in [6.45, 7) is 3.74. The molecule has 0 saturated heterocycles. The molecule has 2 heteroatoms. The molecular formula is C12H12O2. The van der Waals surface area contributed by atoms with E-state index in [0.29, 0.717) is 5.39 Å². The number of aromatic hydroxyl groups is 2. The molecule has 0 aromatic heterocycles. The molecule has 72 valence electrons. The van der Waals surface area contributed by atoms with Gasteiger partial charge in [-0.3, -0.25) is 0 Å². The van der Waals surface area contributed by atoms with E-state index in [1.807, 2.05) is 25.1 Å². The smallest absolute Gasteiger partial charge is 0.165 e. The number of hydrogen-bond donors (Lipinski definition) is 2. The van der Waals surface area contributed by atoms with Crippen molar-refractivity contribution in [1.82, 2.24) is 0 Å². The van der Waals surface area contributed by atoms with E-state index in [1.165, 1.54) is 0 Å². The second-order valence-corrected chi connectivity index (χ2v) is 3.49. The quantitative estimate of drug-likeness (QED) is 0.624. The molecular weight excluding hydrogens is 176 g/mol. The lowest BCUT2D eigenvalue weighted by atomic mass is 9.99. The van der Waals surface area contributed by atoms with E-state index in [2.05, 4.69) is 0 Å². The van der Waals surface area contributed by atoms with Crippen molar-refractivity contribution in [2.45, 2.75) is 13.8 Å². The van der Waals surface area contributed by atoms with Gasteiger partial charge in [0.2, 0.25) is 0 Å². The number of rotatable bonds is 0. The molecule has 2 aromatic carbocycles. The monoisotopic (exact) mass is 188 g/mol. The fraction of sp³-hybridized carbons (Fsp3) is 0.167. The zero-order chi connectivity index (χ0) is 10.3. The van der Waals surface area contributed by atoms with Crippen LogP contribution in [0.15, 0.2) is 24.3 Å². The molecule has 14 heavy (non-hydrogen) atoms. The normalized spacial score (nSPS) is 10.7. The highest BCUT2D eigenvalue weighted by molar-refractivity contribution is 5.94. The Morgan fingerprint density at radius 2 is 1.36 bits per heavy atom. The van der Waals surface area contributed by atoms with Gasteiger partial charge in [-0.1, -0.05) is 24.3 Å². The van der Waals surface area contributed by atoms with Crippen molar-refractivity contribution in [1.29, 1.82) is 0 Å². The maximum Gasteiger partial charge on any atom is 0.165 e. The lowest BCUT2D eigenvalue weighted by molar-refractivity contribution is 0.405. The second-order valence-electron chi connectivity index (χ2n) is 3.49. The van der Waals surface area contributed by atoms with E-state index >= 15 is 0 Å². The van der Waals surface area contributed by atoms with Gasteiger partial charge in [0.1, 0.15) is 0 Å². The van der Waals surface area contributed by atoms with Crippen LogP contribution in [0.25, 0.3) is 10.8 Å². The molecule has 0 radical (unpaired) electrons. The van der Waals surface area contributed by atoms with Crippen molar-refractivity contribution >= 4 is 10.8 Å². The summed E-state index contributed by atoms with van der Waals surface area (Å²) in [7, 11) is 0. The van der Waals surface area contributed by atoms with Crippen LogP contribution in [-0.2, 0) is 0 Å². The van der Waals surface area contributed by atoms with Gasteiger partial charge in [0.05, 0.1) is 0 Å². The number of fused-ring (bicyclic) bond motifs is 1. The summed E-state index contributed by atoms with van der Waals surface area (Å²) in [6, 6.07) is 7.51. The summed E-state index contributed by atoms with van der Waals surface area (Å²) in [5.41, 5.74) is 1.75. The van der Waals surface area contributed by atoms with E-state index in [0.717, 1.165) is 16.5 Å². The SMILES string of the molecule is Cc1c(O)c(O)c2ccccc2c1C. The summed E-state index contributed by atoms with van der Waals surface area (Å²) in [4.78, 5) is 0. The van der Waals surface area contributed by atoms with Crippen molar-refractivity contribution in [3.05, 3.63) is 35.4 Å². The van der Waals surface area contributed by atoms with Gasteiger partial charge in [-0.25, -0.2) is 0 Å². The van der Waals surface area contributed by atoms with Crippen LogP contribution in [0.1, 0.15) is 11.1 Å². The van der Waals surface area contributed by atoms with E-state index in [1.54, 1.807) is 13.0 Å². The Morgan fingerprint density at radius 3 is 2.00 bits per heavy atom. The van der Waals surface area contributed by atoms with Crippen LogP contribution in [0.3, 0.4) is 0 Å². The highest BCUT2D eigenvalue weighted by Crippen LogP contribution is 2.39. The third kappa shape index (κ3) is 1.04. The minimum atomic E-state index is -0.0244. The van der Waals surface area contributed by atoms with Crippen molar-refractivity contribution in [3.63, 3.8) is 0 Å². The Hall–Kier alpha value is -1.70. The van der Waals surface area contributed by atoms with Gasteiger partial charge < -0.3 is 10.2 Å². The van der Waals surface area contributed by atoms with E-state index in [4.69, 9.17) is 0 Å². The van der Waals surface area contributed by atoms with Crippen molar-refractivity contribution in [2.24, 2.45) is 0 Å². The Labute approximate surface area is 82.4 Å². The fourth-order valence-corrected chi connectivity index (χ4v) is 1.70. The van der Waals surface area contributed by atoms with Crippen molar-refractivity contribution < 1.29 is 10.2 Å². The van der Waals surface area contributed by atoms with Crippen LogP contribution in [-0.4, -0.2) is 10.2 Å². The molecule has 2 nitrogen and oxygen atoms in total. The summed E-state index contributed by atoms with van der Waals surface area (Å²) >= 11 is 0. The topological polar surface area (TPSA) is 40.5 Å². The zero-order valence-corrected chi connectivity index (χ0v) is 8.20. The lowest BCUT2D eigenvalue weighted by Gasteiger charge is -2.10. The first kappa shape index (κ1) is 8.88. The highest BCUT2D eigenvalue weighted by Gasteiger charge is 2.11. The Morgan fingerprint density at radius 1 is 0.786 bits per heavy atom. The first-order valence-electron chi connectivity index (χ1n) is 4.52. The molecule has 2 rings (SSSR count). The fourth-order valence-electron chi connectivity index (χ4n) is 1.70. The zero-order valence-electron chi connectivity index (χ0n) is 8.20. The van der Waals surface area contributed by atoms with Crippen LogP contribution in [0.4, 0.5) is 0 Å². The van der Waals surface area contributed by atoms with Crippen LogP contribution in [0, 0.1) is 13.8 Å². The largest absolute Gasteiger partial charge is 0.504 e. The lowest BCUT2D eigenvalue weighted by Crippen LogP contribution is -1.86. The van der Waals surface area contributed by atoms with Crippen LogP contribution in [0.2, 0.25) is 0 Å². The molecule has 0 aliphatic heterocycles. The summed E-state index contributed by atoms with van der Waals surface area (Å²) < 4.78 is 0. The van der Waals surface area contributed by atoms with E-state index in [9.17, 15) is 10.2 Å². The Balaban J connectivity index is 3.02. The molecule has 2 aromatic rings. The third-order valence-corrected chi connectivity index (χ3v) is 2.73. The minimum Gasteiger partial charge on any atom is -0.504 e. The maximum atomic E-state index is 9.71. The Bertz CT molecular complexity index is 455. The van der Waals surface area contributed by atoms with Crippen LogP contribution < -0.4 is 0 Å². The van der Waals surface area contributed by atoms with Gasteiger partial charge in [-0.15, -0.1) is 0 Å². The predicted octanol–water partition coefficient (Wildman–Crippen LogP) is 2.87. The van der Waals surface area contributed by atoms with Crippen molar-refractivity contribution in [2.75, 3.05) is 0 Å². The molecule has 0 fully saturated rings. The van der Waals surface area contributed by atoms with Gasteiger partial charge in [-0.05, 0) is 30.4 Å². The standard InChI is InChI=1S/C12H12O2/c1-7-8(2)11(13)12(14)10-6-4-3-5-9(7)10/h3-6,13-14H,1-2H3. The molecule has 0 amide bonds. The first-order chi connectivity index (χ1) is 6.63. The minimum absolute atomic E-state index is 0.0128. The maximum absolute atomic E-state index is 9.71. The van der Waals surface area contributed by atoms with Gasteiger partial charge in [0.25, 0.3) is 0 Å². The predicted molar refractivity (Wildman–Crippen MR) is 56.8 cm³/mol. The molecule has 0 aliphatic carbocycles. The molecule has 0 heterocycles. The van der Waals surface area contributed by atoms with E-state index in [-0.39, 0.29) is 11.5 Å². The van der Waals surface area contributed by atoms with E-state index < -0.39 is 0 Å². The van der Waals surface area contributed by atoms with Crippen molar-refractivity contribution in [3.8, 4) is 11.5 Å². The molecule has 2 N–H and O–H groups in total. The number of hydrogen-bond acceptors (Lipinski definition) is 2. The van der Waals surface area contributed by atoms with Crippen LogP contribution >= 0.6 is 0 Å². The number of benzene rings is 2. The molecule has 0 aliphatic rings. The number of phenols is 2. The summed E-state index contributed by atoms with van der Waals surface area (Å²) in [5.74, 6) is -0.0371. The average molecular weight is 188 g/mol. The van der Waals surface area contributed by atoms with Gasteiger partial charge in [0, 0.05) is 5.39 Å². The number of aryl methyl sites for hydroxylation is 1.